The molecular weight excluding hydrogens is 352 g/mol. The second-order valence-electron chi connectivity index (χ2n) is 6.30. The second-order valence-corrected chi connectivity index (χ2v) is 6.30. The van der Waals surface area contributed by atoms with Crippen molar-refractivity contribution in [3.8, 4) is 0 Å². The Bertz CT molecular complexity index is 928. The van der Waals surface area contributed by atoms with Crippen molar-refractivity contribution in [3.05, 3.63) is 70.8 Å². The van der Waals surface area contributed by atoms with Gasteiger partial charge in [-0.25, -0.2) is 14.4 Å². The van der Waals surface area contributed by atoms with Crippen LogP contribution in [0.5, 0.6) is 0 Å². The predicted molar refractivity (Wildman–Crippen MR) is 91.9 cm³/mol. The Labute approximate surface area is 154 Å². The molecule has 2 aromatic rings. The van der Waals surface area contributed by atoms with Crippen LogP contribution in [0.3, 0.4) is 0 Å². The smallest absolute Gasteiger partial charge is 0.370 e. The fourth-order valence-corrected chi connectivity index (χ4v) is 2.68. The molecule has 0 bridgehead atoms. The highest BCUT2D eigenvalue weighted by molar-refractivity contribution is 6.24. The molecule has 138 valence electrons. The molecule has 1 saturated heterocycles. The van der Waals surface area contributed by atoms with Crippen LogP contribution in [0.4, 0.5) is 0 Å². The molecule has 0 spiro atoms. The van der Waals surface area contributed by atoms with Crippen LogP contribution in [0.1, 0.15) is 31.8 Å². The minimum absolute atomic E-state index is 0.0111. The van der Waals surface area contributed by atoms with Gasteiger partial charge in [0.2, 0.25) is 11.9 Å². The van der Waals surface area contributed by atoms with Gasteiger partial charge in [0, 0.05) is 5.56 Å². The molecule has 1 fully saturated rings. The van der Waals surface area contributed by atoms with Gasteiger partial charge in [-0.15, -0.1) is 0 Å². The summed E-state index contributed by atoms with van der Waals surface area (Å²) < 4.78 is 9.52. The summed E-state index contributed by atoms with van der Waals surface area (Å²) in [6.07, 6.45) is -2.26. The van der Waals surface area contributed by atoms with E-state index in [4.69, 9.17) is 4.74 Å². The summed E-state index contributed by atoms with van der Waals surface area (Å²) in [5.74, 6) is -4.85. The SMILES string of the molecule is Cc1ccc(C(=O)O[C@]2(C(=O)c3ccc(C)cc3)C(=O)OC(=O)[C@H]2O)cc1. The monoisotopic (exact) mass is 368 g/mol. The summed E-state index contributed by atoms with van der Waals surface area (Å²) in [6, 6.07) is 12.2. The van der Waals surface area contributed by atoms with E-state index >= 15 is 0 Å². The average Bonchev–Trinajstić information content (AvgIpc) is 2.86. The molecule has 0 amide bonds. The van der Waals surface area contributed by atoms with Gasteiger partial charge in [0.05, 0.1) is 5.56 Å². The number of aryl methyl sites for hydroxylation is 2. The first-order valence-electron chi connectivity index (χ1n) is 8.11. The summed E-state index contributed by atoms with van der Waals surface area (Å²) >= 11 is 0. The lowest BCUT2D eigenvalue weighted by Crippen LogP contribution is -2.55. The Kier molecular flexibility index (Phi) is 4.63. The van der Waals surface area contributed by atoms with Crippen LogP contribution in [-0.4, -0.2) is 40.5 Å². The van der Waals surface area contributed by atoms with Crippen LogP contribution >= 0.6 is 0 Å². The number of rotatable bonds is 4. The van der Waals surface area contributed by atoms with Crippen molar-refractivity contribution in [3.63, 3.8) is 0 Å². The summed E-state index contributed by atoms with van der Waals surface area (Å²) in [6.45, 7) is 3.61. The topological polar surface area (TPSA) is 107 Å². The summed E-state index contributed by atoms with van der Waals surface area (Å²) in [7, 11) is 0. The van der Waals surface area contributed by atoms with Crippen LogP contribution in [0.15, 0.2) is 48.5 Å². The van der Waals surface area contributed by atoms with Crippen molar-refractivity contribution >= 4 is 23.7 Å². The number of cyclic esters (lactones) is 2. The van der Waals surface area contributed by atoms with E-state index in [1.165, 1.54) is 24.3 Å². The van der Waals surface area contributed by atoms with Gasteiger partial charge in [-0.1, -0.05) is 47.5 Å². The highest BCUT2D eigenvalue weighted by Gasteiger charge is 2.66. The molecule has 0 radical (unpaired) electrons. The Morgan fingerprint density at radius 1 is 0.926 bits per heavy atom. The zero-order valence-corrected chi connectivity index (χ0v) is 14.6. The van der Waals surface area contributed by atoms with E-state index < -0.39 is 35.4 Å². The van der Waals surface area contributed by atoms with Crippen LogP contribution < -0.4 is 0 Å². The first kappa shape index (κ1) is 18.5. The van der Waals surface area contributed by atoms with E-state index in [-0.39, 0.29) is 11.1 Å². The van der Waals surface area contributed by atoms with Crippen molar-refractivity contribution < 1.29 is 33.8 Å². The minimum atomic E-state index is -2.78. The van der Waals surface area contributed by atoms with Crippen molar-refractivity contribution in [2.75, 3.05) is 0 Å². The van der Waals surface area contributed by atoms with Gasteiger partial charge in [0.1, 0.15) is 0 Å². The number of aliphatic hydroxyl groups is 1. The maximum atomic E-state index is 13.0. The summed E-state index contributed by atoms with van der Waals surface area (Å²) in [5, 5.41) is 10.2. The standard InChI is InChI=1S/C20H16O7/c1-11-3-7-13(8-4-11)15(21)20(16(22)18(24)26-19(20)25)27-17(23)14-9-5-12(2)6-10-14/h3-10,16,22H,1-2H3/t16-,20+/m1/s1. The number of hydrogen-bond donors (Lipinski definition) is 1. The fraction of sp³-hybridized carbons (Fsp3) is 0.200. The highest BCUT2D eigenvalue weighted by atomic mass is 16.7. The van der Waals surface area contributed by atoms with Crippen molar-refractivity contribution in [1.82, 2.24) is 0 Å². The largest absolute Gasteiger partial charge is 0.431 e. The molecule has 0 unspecified atom stereocenters. The van der Waals surface area contributed by atoms with E-state index in [1.54, 1.807) is 31.2 Å². The first-order valence-corrected chi connectivity index (χ1v) is 8.11. The number of hydrogen-bond acceptors (Lipinski definition) is 7. The molecule has 1 aliphatic rings. The van der Waals surface area contributed by atoms with Gasteiger partial charge < -0.3 is 14.6 Å². The molecule has 2 aromatic carbocycles. The minimum Gasteiger partial charge on any atom is -0.431 e. The van der Waals surface area contributed by atoms with Crippen LogP contribution in [0.25, 0.3) is 0 Å². The van der Waals surface area contributed by atoms with Gasteiger partial charge in [0.15, 0.2) is 0 Å². The molecule has 0 saturated carbocycles. The van der Waals surface area contributed by atoms with E-state index in [0.717, 1.165) is 11.1 Å². The summed E-state index contributed by atoms with van der Waals surface area (Å²) in [5.41, 5.74) is -1.01. The number of aliphatic hydroxyl groups excluding tert-OH is 1. The van der Waals surface area contributed by atoms with Crippen molar-refractivity contribution in [1.29, 1.82) is 0 Å². The van der Waals surface area contributed by atoms with Gasteiger partial charge in [-0.2, -0.15) is 0 Å². The summed E-state index contributed by atoms with van der Waals surface area (Å²) in [4.78, 5) is 49.5. The number of Topliss-reactive ketones (excluding diaryl/α,β-unsaturated/α-hetero) is 1. The fourth-order valence-electron chi connectivity index (χ4n) is 2.68. The third-order valence-electron chi connectivity index (χ3n) is 4.30. The van der Waals surface area contributed by atoms with Crippen molar-refractivity contribution in [2.45, 2.75) is 25.6 Å². The quantitative estimate of drug-likeness (QED) is 0.495. The average molecular weight is 368 g/mol. The molecule has 1 aliphatic heterocycles. The highest BCUT2D eigenvalue weighted by Crippen LogP contribution is 2.32. The van der Waals surface area contributed by atoms with E-state index in [2.05, 4.69) is 4.74 Å². The Morgan fingerprint density at radius 2 is 1.41 bits per heavy atom. The number of esters is 3. The molecule has 7 nitrogen and oxygen atoms in total. The lowest BCUT2D eigenvalue weighted by atomic mass is 9.88. The van der Waals surface area contributed by atoms with Crippen LogP contribution in [-0.2, 0) is 19.1 Å². The number of benzene rings is 2. The maximum Gasteiger partial charge on any atom is 0.370 e. The molecular formula is C20H16O7. The Hall–Kier alpha value is -3.32. The van der Waals surface area contributed by atoms with Crippen LogP contribution in [0.2, 0.25) is 0 Å². The third kappa shape index (κ3) is 3.13. The molecule has 1 heterocycles. The van der Waals surface area contributed by atoms with Crippen molar-refractivity contribution in [2.24, 2.45) is 0 Å². The van der Waals surface area contributed by atoms with E-state index in [1.807, 2.05) is 6.92 Å². The maximum absolute atomic E-state index is 13.0. The molecule has 1 N–H and O–H groups in total. The lowest BCUT2D eigenvalue weighted by Gasteiger charge is -2.25. The van der Waals surface area contributed by atoms with Gasteiger partial charge >= 0.3 is 23.5 Å². The van der Waals surface area contributed by atoms with Gasteiger partial charge in [0.25, 0.3) is 0 Å². The predicted octanol–water partition coefficient (Wildman–Crippen LogP) is 1.53. The number of ether oxygens (including phenoxy) is 2. The Balaban J connectivity index is 2.03. The zero-order valence-electron chi connectivity index (χ0n) is 14.6. The molecule has 7 heteroatoms. The number of ketones is 1. The number of carbonyl (C=O) groups is 4. The second kappa shape index (κ2) is 6.77. The lowest BCUT2D eigenvalue weighted by molar-refractivity contribution is -0.157. The molecule has 0 aromatic heterocycles. The zero-order chi connectivity index (χ0) is 19.8. The molecule has 3 rings (SSSR count). The molecule has 27 heavy (non-hydrogen) atoms. The van der Waals surface area contributed by atoms with Crippen LogP contribution in [0, 0.1) is 13.8 Å². The van der Waals surface area contributed by atoms with E-state index in [0.29, 0.717) is 0 Å². The van der Waals surface area contributed by atoms with Gasteiger partial charge in [-0.05, 0) is 26.0 Å². The number of carbonyl (C=O) groups excluding carboxylic acids is 4. The Morgan fingerprint density at radius 3 is 1.85 bits per heavy atom. The molecule has 2 atom stereocenters. The van der Waals surface area contributed by atoms with Gasteiger partial charge in [-0.3, -0.25) is 4.79 Å². The molecule has 0 aliphatic carbocycles. The van der Waals surface area contributed by atoms with E-state index in [9.17, 15) is 24.3 Å². The third-order valence-corrected chi connectivity index (χ3v) is 4.30. The normalized spacial score (nSPS) is 21.7. The first-order chi connectivity index (χ1) is 12.8.